The van der Waals surface area contributed by atoms with E-state index in [1.54, 1.807) is 48.7 Å². The van der Waals surface area contributed by atoms with Crippen molar-refractivity contribution in [3.8, 4) is 5.75 Å². The number of pyridine rings is 1. The summed E-state index contributed by atoms with van der Waals surface area (Å²) in [5.41, 5.74) is 1.58. The molecule has 0 unspecified atom stereocenters. The number of amides is 1. The molecule has 2 aromatic heterocycles. The zero-order valence-corrected chi connectivity index (χ0v) is 16.2. The number of hydrogen-bond acceptors (Lipinski definition) is 5. The van der Waals surface area contributed by atoms with Crippen molar-refractivity contribution >= 4 is 40.0 Å². The van der Waals surface area contributed by atoms with Crippen LogP contribution in [0.5, 0.6) is 5.75 Å². The molecule has 4 aromatic rings. The van der Waals surface area contributed by atoms with Crippen LogP contribution in [0.1, 0.15) is 10.4 Å². The maximum atomic E-state index is 12.9. The van der Waals surface area contributed by atoms with Crippen molar-refractivity contribution in [3.05, 3.63) is 89.1 Å². The normalized spacial score (nSPS) is 11.4. The van der Waals surface area contributed by atoms with Crippen LogP contribution in [0.15, 0.2) is 82.3 Å². The molecule has 0 aliphatic carbocycles. The maximum absolute atomic E-state index is 12.9. The van der Waals surface area contributed by atoms with Gasteiger partial charge in [0.1, 0.15) is 22.7 Å². The molecule has 0 fully saturated rings. The van der Waals surface area contributed by atoms with Gasteiger partial charge >= 0.3 is 0 Å². The zero-order valence-electron chi connectivity index (χ0n) is 15.4. The highest BCUT2D eigenvalue weighted by atomic mass is 35.5. The van der Waals surface area contributed by atoms with Gasteiger partial charge in [0.25, 0.3) is 5.91 Å². The Morgan fingerprint density at radius 3 is 2.69 bits per heavy atom. The summed E-state index contributed by atoms with van der Waals surface area (Å²) >= 11 is 6.20. The first-order valence-corrected chi connectivity index (χ1v) is 9.15. The summed E-state index contributed by atoms with van der Waals surface area (Å²) in [5, 5.41) is 3.96. The van der Waals surface area contributed by atoms with Crippen LogP contribution in [0.25, 0.3) is 11.0 Å². The summed E-state index contributed by atoms with van der Waals surface area (Å²) in [4.78, 5) is 21.5. The Morgan fingerprint density at radius 1 is 1.10 bits per heavy atom. The highest BCUT2D eigenvalue weighted by molar-refractivity contribution is 6.32. The van der Waals surface area contributed by atoms with Gasteiger partial charge in [-0.3, -0.25) is 4.79 Å². The predicted molar refractivity (Wildman–Crippen MR) is 112 cm³/mol. The minimum absolute atomic E-state index is 0.165. The van der Waals surface area contributed by atoms with E-state index in [1.807, 2.05) is 24.3 Å². The molecule has 1 N–H and O–H groups in total. The molecule has 0 bridgehead atoms. The molecule has 0 aliphatic heterocycles. The van der Waals surface area contributed by atoms with E-state index in [4.69, 9.17) is 20.8 Å². The monoisotopic (exact) mass is 405 g/mol. The van der Waals surface area contributed by atoms with Crippen molar-refractivity contribution in [2.75, 3.05) is 12.4 Å². The molecule has 0 radical (unpaired) electrons. The third kappa shape index (κ3) is 4.12. The van der Waals surface area contributed by atoms with Gasteiger partial charge in [0.05, 0.1) is 17.8 Å². The first-order valence-electron chi connectivity index (χ1n) is 8.77. The summed E-state index contributed by atoms with van der Waals surface area (Å²) in [6, 6.07) is 19.5. The van der Waals surface area contributed by atoms with Gasteiger partial charge in [-0.05, 0) is 42.5 Å². The quantitative estimate of drug-likeness (QED) is 0.519. The number of hydrogen-bond donors (Lipinski definition) is 1. The van der Waals surface area contributed by atoms with Crippen LogP contribution >= 0.6 is 11.6 Å². The molecule has 2 heterocycles. The first-order chi connectivity index (χ1) is 14.1. The lowest BCUT2D eigenvalue weighted by molar-refractivity contribution is 0.102. The van der Waals surface area contributed by atoms with Crippen LogP contribution in [0.4, 0.5) is 11.5 Å². The SMILES string of the molecule is COc1ccc(N=c2oc3ccccc3cc2C(=O)Nc2ccccn2)cc1Cl. The molecular weight excluding hydrogens is 390 g/mol. The van der Waals surface area contributed by atoms with E-state index < -0.39 is 0 Å². The molecule has 2 aromatic carbocycles. The van der Waals surface area contributed by atoms with Crippen molar-refractivity contribution in [2.45, 2.75) is 0 Å². The number of carbonyl (C=O) groups excluding carboxylic acids is 1. The number of nitrogens with one attached hydrogen (secondary N) is 1. The standard InChI is InChI=1S/C22H16ClN3O3/c1-28-19-10-9-15(13-17(19)23)25-22-16(12-14-6-2-3-7-18(14)29-22)21(27)26-20-8-4-5-11-24-20/h2-13H,1H3,(H,24,26,27). The number of carbonyl (C=O) groups is 1. The molecule has 0 saturated heterocycles. The van der Waals surface area contributed by atoms with Crippen LogP contribution in [0.2, 0.25) is 5.02 Å². The molecule has 0 aliphatic rings. The number of benzene rings is 2. The van der Waals surface area contributed by atoms with E-state index >= 15 is 0 Å². The smallest absolute Gasteiger partial charge is 0.262 e. The molecule has 0 atom stereocenters. The number of anilines is 1. The summed E-state index contributed by atoms with van der Waals surface area (Å²) in [6.45, 7) is 0. The Hall–Kier alpha value is -3.64. The van der Waals surface area contributed by atoms with Crippen molar-refractivity contribution in [2.24, 2.45) is 4.99 Å². The minimum Gasteiger partial charge on any atom is -0.495 e. The van der Waals surface area contributed by atoms with E-state index in [9.17, 15) is 4.79 Å². The second-order valence-corrected chi connectivity index (χ2v) is 6.51. The minimum atomic E-state index is -0.378. The van der Waals surface area contributed by atoms with Gasteiger partial charge in [0.15, 0.2) is 0 Å². The third-order valence-electron chi connectivity index (χ3n) is 4.17. The van der Waals surface area contributed by atoms with Crippen LogP contribution in [0, 0.1) is 0 Å². The number of methoxy groups -OCH3 is 1. The molecule has 7 heteroatoms. The van der Waals surface area contributed by atoms with E-state index in [-0.39, 0.29) is 17.0 Å². The van der Waals surface area contributed by atoms with E-state index in [0.717, 1.165) is 5.39 Å². The van der Waals surface area contributed by atoms with Gasteiger partial charge in [-0.15, -0.1) is 0 Å². The highest BCUT2D eigenvalue weighted by Gasteiger charge is 2.14. The second-order valence-electron chi connectivity index (χ2n) is 6.10. The van der Waals surface area contributed by atoms with Gasteiger partial charge < -0.3 is 14.5 Å². The van der Waals surface area contributed by atoms with Crippen molar-refractivity contribution in [1.29, 1.82) is 0 Å². The average Bonchev–Trinajstić information content (AvgIpc) is 2.74. The Bertz CT molecular complexity index is 1250. The Balaban J connectivity index is 1.84. The summed E-state index contributed by atoms with van der Waals surface area (Å²) < 4.78 is 11.1. The fourth-order valence-corrected chi connectivity index (χ4v) is 3.03. The van der Waals surface area contributed by atoms with Gasteiger partial charge in [-0.25, -0.2) is 9.98 Å². The van der Waals surface area contributed by atoms with Crippen molar-refractivity contribution in [3.63, 3.8) is 0 Å². The maximum Gasteiger partial charge on any atom is 0.262 e. The predicted octanol–water partition coefficient (Wildman–Crippen LogP) is 4.97. The van der Waals surface area contributed by atoms with Gasteiger partial charge in [-0.2, -0.15) is 0 Å². The average molecular weight is 406 g/mol. The molecule has 1 amide bonds. The number of rotatable bonds is 4. The third-order valence-corrected chi connectivity index (χ3v) is 4.47. The Labute approximate surface area is 171 Å². The largest absolute Gasteiger partial charge is 0.495 e. The fourth-order valence-electron chi connectivity index (χ4n) is 2.78. The first kappa shape index (κ1) is 18.7. The lowest BCUT2D eigenvalue weighted by Crippen LogP contribution is -2.22. The topological polar surface area (TPSA) is 76.7 Å². The van der Waals surface area contributed by atoms with Crippen LogP contribution in [-0.4, -0.2) is 18.0 Å². The molecule has 144 valence electrons. The fraction of sp³-hybridized carbons (Fsp3) is 0.0455. The number of halogens is 1. The van der Waals surface area contributed by atoms with Gasteiger partial charge in [0, 0.05) is 11.6 Å². The van der Waals surface area contributed by atoms with Crippen LogP contribution in [-0.2, 0) is 0 Å². The lowest BCUT2D eigenvalue weighted by Gasteiger charge is -2.07. The molecule has 29 heavy (non-hydrogen) atoms. The van der Waals surface area contributed by atoms with Crippen LogP contribution in [0.3, 0.4) is 0 Å². The van der Waals surface area contributed by atoms with E-state index in [2.05, 4.69) is 15.3 Å². The Kier molecular flexibility index (Phi) is 5.27. The number of aromatic nitrogens is 1. The number of ether oxygens (including phenoxy) is 1. The van der Waals surface area contributed by atoms with E-state index in [1.165, 1.54) is 7.11 Å². The molecule has 4 rings (SSSR count). The highest BCUT2D eigenvalue weighted by Crippen LogP contribution is 2.28. The second kappa shape index (κ2) is 8.16. The molecule has 0 saturated carbocycles. The van der Waals surface area contributed by atoms with Crippen LogP contribution < -0.4 is 15.6 Å². The molecular formula is C22H16ClN3O3. The van der Waals surface area contributed by atoms with Gasteiger partial charge in [-0.1, -0.05) is 35.9 Å². The lowest BCUT2D eigenvalue weighted by atomic mass is 10.1. The number of fused-ring (bicyclic) bond motifs is 1. The summed E-state index contributed by atoms with van der Waals surface area (Å²) in [6.07, 6.45) is 1.60. The van der Waals surface area contributed by atoms with E-state index in [0.29, 0.717) is 27.9 Å². The van der Waals surface area contributed by atoms with Gasteiger partial charge in [0.2, 0.25) is 5.55 Å². The molecule has 6 nitrogen and oxygen atoms in total. The van der Waals surface area contributed by atoms with Crippen molar-refractivity contribution in [1.82, 2.24) is 4.98 Å². The summed E-state index contributed by atoms with van der Waals surface area (Å²) in [7, 11) is 1.54. The zero-order chi connectivity index (χ0) is 20.2. The number of para-hydroxylation sites is 1. The van der Waals surface area contributed by atoms with Crippen molar-refractivity contribution < 1.29 is 13.9 Å². The molecule has 0 spiro atoms. The summed E-state index contributed by atoms with van der Waals surface area (Å²) in [5.74, 6) is 0.592. The Morgan fingerprint density at radius 2 is 1.93 bits per heavy atom. The number of nitrogens with zero attached hydrogens (tertiary/aromatic N) is 2.